The first kappa shape index (κ1) is 40.3. The maximum Gasteiger partial charge on any atom is 0.490 e. The van der Waals surface area contributed by atoms with Crippen molar-refractivity contribution in [3.63, 3.8) is 0 Å². The van der Waals surface area contributed by atoms with Gasteiger partial charge < -0.3 is 24.8 Å². The molecule has 0 bridgehead atoms. The first-order chi connectivity index (χ1) is 25.3. The molecular formula is C37H44Cl2F3N7O4. The summed E-state index contributed by atoms with van der Waals surface area (Å²) in [6.07, 6.45) is -0.712. The molecule has 53 heavy (non-hydrogen) atoms. The number of nitrogens with zero attached hydrogens (tertiary/aromatic N) is 6. The molecule has 1 aromatic heterocycles. The van der Waals surface area contributed by atoms with Gasteiger partial charge in [-0.2, -0.15) is 18.4 Å². The van der Waals surface area contributed by atoms with Crippen molar-refractivity contribution in [2.24, 2.45) is 0 Å². The van der Waals surface area contributed by atoms with Crippen LogP contribution in [0.15, 0.2) is 48.7 Å². The molecule has 0 atom stereocenters. The van der Waals surface area contributed by atoms with Gasteiger partial charge in [0, 0.05) is 76.1 Å². The Bertz CT molecular complexity index is 1720. The number of anilines is 1. The predicted molar refractivity (Wildman–Crippen MR) is 196 cm³/mol. The van der Waals surface area contributed by atoms with E-state index in [0.717, 1.165) is 73.8 Å². The van der Waals surface area contributed by atoms with Crippen LogP contribution in [0.2, 0.25) is 5.02 Å². The van der Waals surface area contributed by atoms with Crippen molar-refractivity contribution in [1.29, 1.82) is 5.26 Å². The fourth-order valence-corrected chi connectivity index (χ4v) is 7.02. The van der Waals surface area contributed by atoms with Crippen LogP contribution in [-0.2, 0) is 16.8 Å². The average Bonchev–Trinajstić information content (AvgIpc) is 3.13. The van der Waals surface area contributed by atoms with E-state index >= 15 is 0 Å². The van der Waals surface area contributed by atoms with Gasteiger partial charge in [0.25, 0.3) is 0 Å². The number of aliphatic carboxylic acids is 1. The summed E-state index contributed by atoms with van der Waals surface area (Å²) in [4.78, 5) is 26.0. The molecule has 3 saturated heterocycles. The predicted octanol–water partition coefficient (Wildman–Crippen LogP) is 5.72. The van der Waals surface area contributed by atoms with E-state index in [2.05, 4.69) is 44.9 Å². The van der Waals surface area contributed by atoms with Gasteiger partial charge in [0.1, 0.15) is 25.0 Å². The van der Waals surface area contributed by atoms with Crippen LogP contribution in [0.3, 0.4) is 0 Å². The Morgan fingerprint density at radius 2 is 1.62 bits per heavy atom. The van der Waals surface area contributed by atoms with Crippen molar-refractivity contribution in [2.75, 3.05) is 69.7 Å². The summed E-state index contributed by atoms with van der Waals surface area (Å²) < 4.78 is 43.5. The van der Waals surface area contributed by atoms with E-state index in [1.807, 2.05) is 48.7 Å². The van der Waals surface area contributed by atoms with Crippen molar-refractivity contribution < 1.29 is 32.5 Å². The number of halogens is 5. The molecule has 2 N–H and O–H groups in total. The van der Waals surface area contributed by atoms with Gasteiger partial charge in [-0.25, -0.2) is 14.8 Å². The summed E-state index contributed by atoms with van der Waals surface area (Å²) in [6.45, 7) is 13.6. The van der Waals surface area contributed by atoms with Crippen LogP contribution in [0.4, 0.5) is 19.1 Å². The highest BCUT2D eigenvalue weighted by molar-refractivity contribution is 6.32. The van der Waals surface area contributed by atoms with Gasteiger partial charge in [-0.1, -0.05) is 37.6 Å². The molecule has 16 heteroatoms. The molecule has 11 nitrogen and oxygen atoms in total. The molecule has 0 spiro atoms. The molecule has 3 aromatic rings. The zero-order valence-corrected chi connectivity index (χ0v) is 31.2. The first-order valence-electron chi connectivity index (χ1n) is 17.5. The molecule has 3 fully saturated rings. The molecule has 3 aliphatic heterocycles. The van der Waals surface area contributed by atoms with Crippen LogP contribution in [0.5, 0.6) is 11.5 Å². The summed E-state index contributed by atoms with van der Waals surface area (Å²) in [5.74, 6) is -0.533. The number of likely N-dealkylation sites (tertiary alicyclic amines) is 1. The maximum atomic E-state index is 10.6. The Hall–Kier alpha value is -3.87. The van der Waals surface area contributed by atoms with Crippen LogP contribution in [0, 0.1) is 11.3 Å². The number of aromatic nitrogens is 2. The fraction of sp³-hybridized carbons (Fsp3) is 0.514. The topological polar surface area (TPSA) is 127 Å². The number of rotatable bonds is 11. The van der Waals surface area contributed by atoms with E-state index in [9.17, 15) is 18.4 Å². The van der Waals surface area contributed by atoms with Crippen molar-refractivity contribution in [3.8, 4) is 17.6 Å². The van der Waals surface area contributed by atoms with Crippen molar-refractivity contribution in [1.82, 2.24) is 25.1 Å². The van der Waals surface area contributed by atoms with Gasteiger partial charge in [-0.15, -0.1) is 11.6 Å². The Kier molecular flexibility index (Phi) is 13.7. The minimum absolute atomic E-state index is 0.284. The number of nitriles is 1. The smallest absolute Gasteiger partial charge is 0.489 e. The van der Waals surface area contributed by atoms with E-state index in [0.29, 0.717) is 34.9 Å². The van der Waals surface area contributed by atoms with Gasteiger partial charge in [-0.05, 0) is 54.3 Å². The number of carbonyl (C=O) groups is 1. The molecule has 0 unspecified atom stereocenters. The van der Waals surface area contributed by atoms with E-state index < -0.39 is 17.6 Å². The molecule has 4 heterocycles. The third kappa shape index (κ3) is 10.4. The zero-order valence-electron chi connectivity index (χ0n) is 29.7. The van der Waals surface area contributed by atoms with Crippen LogP contribution >= 0.6 is 23.2 Å². The number of benzene rings is 2. The molecular weight excluding hydrogens is 734 g/mol. The summed E-state index contributed by atoms with van der Waals surface area (Å²) in [5.41, 5.74) is 2.82. The van der Waals surface area contributed by atoms with Gasteiger partial charge in [0.15, 0.2) is 5.75 Å². The fourth-order valence-electron chi connectivity index (χ4n) is 6.67. The van der Waals surface area contributed by atoms with Gasteiger partial charge in [0.05, 0.1) is 22.2 Å². The standard InChI is InChI=1S/C35H43Cl2N7O2.C2HF3O2/c1-35(2,27-19-25(21-38)33(32(37)20-27)45-18-10-36)26-3-5-31(6-4-26)46-24-28-7-11-40-34(41-28)44-16-14-43(15-17-44)29-8-12-42(13-9-29)30-22-39-23-30;3-2(4,5)1(6)7/h3-7,11,19-20,29-30,39H,8-10,12-18,22-24H2,1-2H3;(H,6,7). The molecule has 0 amide bonds. The number of alkyl halides is 4. The lowest BCUT2D eigenvalue weighted by atomic mass is 9.77. The second-order valence-electron chi connectivity index (χ2n) is 13.7. The largest absolute Gasteiger partial charge is 0.490 e. The van der Waals surface area contributed by atoms with Gasteiger partial charge in [0.2, 0.25) is 5.95 Å². The number of ether oxygens (including phenoxy) is 2. The number of carboxylic acids is 1. The minimum Gasteiger partial charge on any atom is -0.489 e. The Balaban J connectivity index is 0.000000705. The highest BCUT2D eigenvalue weighted by atomic mass is 35.5. The number of nitrogens with one attached hydrogen (secondary N) is 1. The summed E-state index contributed by atoms with van der Waals surface area (Å²) in [7, 11) is 0. The third-order valence-electron chi connectivity index (χ3n) is 10.0. The lowest BCUT2D eigenvalue weighted by Gasteiger charge is -2.46. The Morgan fingerprint density at radius 3 is 2.19 bits per heavy atom. The second-order valence-corrected chi connectivity index (χ2v) is 14.5. The zero-order chi connectivity index (χ0) is 38.2. The number of piperidine rings is 1. The molecule has 0 saturated carbocycles. The summed E-state index contributed by atoms with van der Waals surface area (Å²) in [5, 5.41) is 20.6. The maximum absolute atomic E-state index is 10.6. The van der Waals surface area contributed by atoms with Gasteiger partial charge >= 0.3 is 12.1 Å². The highest BCUT2D eigenvalue weighted by Crippen LogP contribution is 2.38. The van der Waals surface area contributed by atoms with Crippen molar-refractivity contribution in [3.05, 3.63) is 76.1 Å². The second kappa shape index (κ2) is 18.0. The lowest BCUT2D eigenvalue weighted by Crippen LogP contribution is -2.60. The summed E-state index contributed by atoms with van der Waals surface area (Å²) >= 11 is 12.3. The lowest BCUT2D eigenvalue weighted by molar-refractivity contribution is -0.192. The Morgan fingerprint density at radius 1 is 0.981 bits per heavy atom. The number of hydrogen-bond acceptors (Lipinski definition) is 10. The van der Waals surface area contributed by atoms with Crippen LogP contribution in [-0.4, -0.2) is 114 Å². The molecule has 0 radical (unpaired) electrons. The average molecular weight is 779 g/mol. The van der Waals surface area contributed by atoms with E-state index in [1.165, 1.54) is 25.9 Å². The van der Waals surface area contributed by atoms with E-state index in [4.69, 9.17) is 47.6 Å². The Labute approximate surface area is 317 Å². The first-order valence-corrected chi connectivity index (χ1v) is 18.4. The number of piperazine rings is 1. The quantitative estimate of drug-likeness (QED) is 0.233. The van der Waals surface area contributed by atoms with Crippen LogP contribution < -0.4 is 19.7 Å². The molecule has 6 rings (SSSR count). The number of carboxylic acid groups (broad SMARTS) is 1. The van der Waals surface area contributed by atoms with Crippen molar-refractivity contribution >= 4 is 35.1 Å². The molecule has 0 aliphatic carbocycles. The molecule has 286 valence electrons. The minimum atomic E-state index is -5.08. The van der Waals surface area contributed by atoms with Crippen LogP contribution in [0.1, 0.15) is 49.1 Å². The van der Waals surface area contributed by atoms with E-state index in [1.54, 1.807) is 0 Å². The normalized spacial score (nSPS) is 17.7. The SMILES string of the molecule is CC(C)(c1ccc(OCc2ccnc(N3CCN(C4CCN(C5CNC5)CC4)CC3)n2)cc1)c1cc(Cl)c(OCCCl)c(C#N)c1.O=C(O)C(F)(F)F. The van der Waals surface area contributed by atoms with E-state index in [-0.39, 0.29) is 6.61 Å². The van der Waals surface area contributed by atoms with Gasteiger partial charge in [-0.3, -0.25) is 9.80 Å². The molecule has 3 aliphatic rings. The molecule has 2 aromatic carbocycles. The monoisotopic (exact) mass is 777 g/mol. The van der Waals surface area contributed by atoms with Crippen molar-refractivity contribution in [2.45, 2.75) is 57.0 Å². The summed E-state index contributed by atoms with van der Waals surface area (Å²) in [6, 6.07) is 17.3. The third-order valence-corrected chi connectivity index (χ3v) is 10.4. The highest BCUT2D eigenvalue weighted by Gasteiger charge is 2.38. The number of hydrogen-bond donors (Lipinski definition) is 2. The van der Waals surface area contributed by atoms with Crippen LogP contribution in [0.25, 0.3) is 0 Å².